The number of piperidine rings is 1. The van der Waals surface area contributed by atoms with E-state index in [0.717, 1.165) is 23.6 Å². The van der Waals surface area contributed by atoms with Crippen molar-refractivity contribution in [2.75, 3.05) is 6.54 Å². The van der Waals surface area contributed by atoms with Crippen LogP contribution >= 0.6 is 0 Å². The number of likely N-dealkylation sites (tertiary alicyclic amines) is 1. The number of benzene rings is 1. The standard InChI is InChI=1S/C19H23NO4/c1-19(2,3)24-18(22)20-11-7-6-10-15(20)16(21)17-14-9-5-4-8-13(14)12-23-17/h4-5,8-9,12,15H,6-7,10-11H2,1-3H3/t15-/m0/s1. The molecule has 24 heavy (non-hydrogen) atoms. The third kappa shape index (κ3) is 3.30. The third-order valence-electron chi connectivity index (χ3n) is 4.17. The van der Waals surface area contributed by atoms with E-state index in [4.69, 9.17) is 9.15 Å². The normalized spacial score (nSPS) is 18.6. The molecule has 5 nitrogen and oxygen atoms in total. The first-order chi connectivity index (χ1) is 11.4. The number of ketones is 1. The van der Waals surface area contributed by atoms with Crippen LogP contribution in [-0.4, -0.2) is 35.0 Å². The quantitative estimate of drug-likeness (QED) is 0.766. The van der Waals surface area contributed by atoms with E-state index in [0.29, 0.717) is 18.7 Å². The first-order valence-corrected chi connectivity index (χ1v) is 8.37. The minimum absolute atomic E-state index is 0.151. The highest BCUT2D eigenvalue weighted by atomic mass is 16.6. The molecular formula is C19H23NO4. The summed E-state index contributed by atoms with van der Waals surface area (Å²) < 4.78 is 11.0. The molecule has 1 aliphatic heterocycles. The first-order valence-electron chi connectivity index (χ1n) is 8.37. The van der Waals surface area contributed by atoms with E-state index >= 15 is 0 Å². The van der Waals surface area contributed by atoms with Gasteiger partial charge in [0.2, 0.25) is 5.78 Å². The van der Waals surface area contributed by atoms with Gasteiger partial charge in [0.25, 0.3) is 0 Å². The number of hydrogen-bond acceptors (Lipinski definition) is 4. The molecule has 5 heteroatoms. The van der Waals surface area contributed by atoms with Crippen LogP contribution in [0.15, 0.2) is 34.9 Å². The molecule has 1 saturated heterocycles. The molecule has 1 atom stereocenters. The van der Waals surface area contributed by atoms with Crippen LogP contribution in [0.5, 0.6) is 0 Å². The summed E-state index contributed by atoms with van der Waals surface area (Å²) in [6.45, 7) is 6.01. The minimum Gasteiger partial charge on any atom is -0.460 e. The van der Waals surface area contributed by atoms with E-state index in [-0.39, 0.29) is 5.78 Å². The Morgan fingerprint density at radius 3 is 2.71 bits per heavy atom. The van der Waals surface area contributed by atoms with Crippen LogP contribution in [0.1, 0.15) is 50.6 Å². The van der Waals surface area contributed by atoms with Crippen molar-refractivity contribution in [1.82, 2.24) is 4.90 Å². The average molecular weight is 329 g/mol. The van der Waals surface area contributed by atoms with E-state index in [2.05, 4.69) is 0 Å². The minimum atomic E-state index is -0.584. The summed E-state index contributed by atoms with van der Waals surface area (Å²) in [6.07, 6.45) is 3.57. The number of carbonyl (C=O) groups excluding carboxylic acids is 2. The molecule has 0 radical (unpaired) electrons. The summed E-state index contributed by atoms with van der Waals surface area (Å²) in [5.41, 5.74) is -0.584. The van der Waals surface area contributed by atoms with Gasteiger partial charge in [-0.1, -0.05) is 24.3 Å². The second kappa shape index (κ2) is 6.30. The Morgan fingerprint density at radius 2 is 1.96 bits per heavy atom. The smallest absolute Gasteiger partial charge is 0.410 e. The van der Waals surface area contributed by atoms with Crippen molar-refractivity contribution >= 4 is 22.6 Å². The number of carbonyl (C=O) groups is 2. The van der Waals surface area contributed by atoms with Gasteiger partial charge in [-0.15, -0.1) is 0 Å². The highest BCUT2D eigenvalue weighted by molar-refractivity contribution is 6.09. The van der Waals surface area contributed by atoms with E-state index < -0.39 is 17.7 Å². The van der Waals surface area contributed by atoms with Crippen molar-refractivity contribution in [3.05, 3.63) is 36.3 Å². The van der Waals surface area contributed by atoms with Crippen LogP contribution in [0.4, 0.5) is 4.79 Å². The Bertz CT molecular complexity index is 756. The number of furan rings is 1. The molecule has 1 aromatic heterocycles. The Hall–Kier alpha value is -2.30. The van der Waals surface area contributed by atoms with Crippen molar-refractivity contribution in [3.8, 4) is 0 Å². The lowest BCUT2D eigenvalue weighted by atomic mass is 9.96. The van der Waals surface area contributed by atoms with Crippen molar-refractivity contribution in [2.24, 2.45) is 0 Å². The number of amides is 1. The fraction of sp³-hybridized carbons (Fsp3) is 0.474. The Balaban J connectivity index is 1.87. The summed E-state index contributed by atoms with van der Waals surface area (Å²) in [5.74, 6) is 0.174. The Morgan fingerprint density at radius 1 is 1.21 bits per heavy atom. The monoisotopic (exact) mass is 329 g/mol. The number of Topliss-reactive ketones (excluding diaryl/α,β-unsaturated/α-hetero) is 1. The topological polar surface area (TPSA) is 59.8 Å². The highest BCUT2D eigenvalue weighted by Crippen LogP contribution is 2.27. The molecule has 3 rings (SSSR count). The SMILES string of the molecule is CC(C)(C)OC(=O)N1CCCC[C@H]1C(=O)c1occ2ccccc12. The van der Waals surface area contributed by atoms with Crippen LogP contribution in [0.2, 0.25) is 0 Å². The van der Waals surface area contributed by atoms with Gasteiger partial charge in [0.05, 0.1) is 6.26 Å². The maximum Gasteiger partial charge on any atom is 0.410 e. The molecule has 2 aromatic rings. The van der Waals surface area contributed by atoms with Crippen molar-refractivity contribution in [1.29, 1.82) is 0 Å². The van der Waals surface area contributed by atoms with E-state index in [9.17, 15) is 9.59 Å². The fourth-order valence-electron chi connectivity index (χ4n) is 3.08. The number of nitrogens with zero attached hydrogens (tertiary/aromatic N) is 1. The molecule has 1 aliphatic rings. The van der Waals surface area contributed by atoms with Gasteiger partial charge in [0.1, 0.15) is 11.6 Å². The lowest BCUT2D eigenvalue weighted by molar-refractivity contribution is 0.0101. The zero-order valence-corrected chi connectivity index (χ0v) is 14.4. The van der Waals surface area contributed by atoms with Crippen LogP contribution in [-0.2, 0) is 4.74 Å². The molecular weight excluding hydrogens is 306 g/mol. The Labute approximate surface area is 141 Å². The van der Waals surface area contributed by atoms with Gasteiger partial charge in [-0.2, -0.15) is 0 Å². The highest BCUT2D eigenvalue weighted by Gasteiger charge is 2.36. The lowest BCUT2D eigenvalue weighted by Crippen LogP contribution is -2.49. The molecule has 0 saturated carbocycles. The lowest BCUT2D eigenvalue weighted by Gasteiger charge is -2.35. The second-order valence-corrected chi connectivity index (χ2v) is 7.20. The zero-order valence-electron chi connectivity index (χ0n) is 14.4. The molecule has 1 aromatic carbocycles. The van der Waals surface area contributed by atoms with Crippen LogP contribution in [0.25, 0.3) is 10.8 Å². The molecule has 0 spiro atoms. The van der Waals surface area contributed by atoms with Crippen LogP contribution < -0.4 is 0 Å². The van der Waals surface area contributed by atoms with Crippen molar-refractivity contribution < 1.29 is 18.7 Å². The van der Waals surface area contributed by atoms with Gasteiger partial charge in [-0.3, -0.25) is 9.69 Å². The molecule has 1 amide bonds. The molecule has 128 valence electrons. The second-order valence-electron chi connectivity index (χ2n) is 7.20. The predicted octanol–water partition coefficient (Wildman–Crippen LogP) is 4.41. The third-order valence-corrected chi connectivity index (χ3v) is 4.17. The summed E-state index contributed by atoms with van der Waals surface area (Å²) in [6, 6.07) is 7.03. The van der Waals surface area contributed by atoms with E-state index in [1.165, 1.54) is 0 Å². The zero-order chi connectivity index (χ0) is 17.3. The van der Waals surface area contributed by atoms with Crippen molar-refractivity contribution in [3.63, 3.8) is 0 Å². The summed E-state index contributed by atoms with van der Waals surface area (Å²) in [5, 5.41) is 1.68. The van der Waals surface area contributed by atoms with Gasteiger partial charge < -0.3 is 9.15 Å². The van der Waals surface area contributed by atoms with Crippen LogP contribution in [0.3, 0.4) is 0 Å². The summed E-state index contributed by atoms with van der Waals surface area (Å²) >= 11 is 0. The summed E-state index contributed by atoms with van der Waals surface area (Å²) in [4.78, 5) is 27.0. The van der Waals surface area contributed by atoms with Gasteiger partial charge in [-0.05, 0) is 40.0 Å². The fourth-order valence-corrected chi connectivity index (χ4v) is 3.08. The number of fused-ring (bicyclic) bond motifs is 1. The number of hydrogen-bond donors (Lipinski definition) is 0. The molecule has 0 unspecified atom stereocenters. The van der Waals surface area contributed by atoms with E-state index in [1.54, 1.807) is 11.2 Å². The molecule has 0 aliphatic carbocycles. The van der Waals surface area contributed by atoms with Crippen molar-refractivity contribution in [2.45, 2.75) is 51.7 Å². The average Bonchev–Trinajstić information content (AvgIpc) is 2.96. The number of rotatable bonds is 2. The Kier molecular flexibility index (Phi) is 4.35. The first kappa shape index (κ1) is 16.6. The van der Waals surface area contributed by atoms with Crippen LogP contribution in [0, 0.1) is 0 Å². The molecule has 0 bridgehead atoms. The molecule has 2 heterocycles. The van der Waals surface area contributed by atoms with E-state index in [1.807, 2.05) is 45.0 Å². The van der Waals surface area contributed by atoms with Gasteiger partial charge >= 0.3 is 6.09 Å². The molecule has 1 fully saturated rings. The van der Waals surface area contributed by atoms with Gasteiger partial charge in [0, 0.05) is 17.3 Å². The largest absolute Gasteiger partial charge is 0.460 e. The summed E-state index contributed by atoms with van der Waals surface area (Å²) in [7, 11) is 0. The van der Waals surface area contributed by atoms with Gasteiger partial charge in [-0.25, -0.2) is 4.79 Å². The molecule has 0 N–H and O–H groups in total. The predicted molar refractivity (Wildman–Crippen MR) is 91.1 cm³/mol. The maximum atomic E-state index is 13.0. The maximum absolute atomic E-state index is 13.0. The number of ether oxygens (including phenoxy) is 1. The van der Waals surface area contributed by atoms with Gasteiger partial charge in [0.15, 0.2) is 5.76 Å².